The first-order chi connectivity index (χ1) is 12.5. The topological polar surface area (TPSA) is 84.9 Å². The van der Waals surface area contributed by atoms with E-state index >= 15 is 0 Å². The number of aryl methyl sites for hydroxylation is 2. The number of imidazole rings is 1. The highest BCUT2D eigenvalue weighted by Gasteiger charge is 2.21. The van der Waals surface area contributed by atoms with Gasteiger partial charge in [0.15, 0.2) is 5.96 Å². The monoisotopic (exact) mass is 486 g/mol. The van der Waals surface area contributed by atoms with E-state index in [1.807, 2.05) is 24.0 Å². The lowest BCUT2D eigenvalue weighted by atomic mass is 10.1. The molecule has 0 aliphatic carbocycles. The smallest absolute Gasteiger partial charge is 0.191 e. The standard InChI is InChI=1S/C18H30N8.HI/c1-5-19-18(21-10-17-20-8-9-25(17)11-13(2)3)23-15-6-7-16-22-14(4)24-26(16)12-15;/h8-9,13,15H,5-7,10-12H2,1-4H3,(H2,19,21,23);1H. The van der Waals surface area contributed by atoms with Gasteiger partial charge in [-0.2, -0.15) is 5.10 Å². The van der Waals surface area contributed by atoms with Gasteiger partial charge in [-0.3, -0.25) is 0 Å². The number of fused-ring (bicyclic) bond motifs is 1. The van der Waals surface area contributed by atoms with E-state index in [0.29, 0.717) is 18.5 Å². The first-order valence-electron chi connectivity index (χ1n) is 9.50. The molecular formula is C18H31IN8. The van der Waals surface area contributed by atoms with Gasteiger partial charge in [0.25, 0.3) is 0 Å². The summed E-state index contributed by atoms with van der Waals surface area (Å²) in [6, 6.07) is 0.303. The van der Waals surface area contributed by atoms with E-state index in [0.717, 1.165) is 55.9 Å². The number of aliphatic imine (C=N–C) groups is 1. The number of hydrogen-bond donors (Lipinski definition) is 2. The van der Waals surface area contributed by atoms with Gasteiger partial charge in [0.1, 0.15) is 24.0 Å². The van der Waals surface area contributed by atoms with Gasteiger partial charge in [-0.1, -0.05) is 13.8 Å². The number of rotatable bonds is 6. The number of aromatic nitrogens is 5. The van der Waals surface area contributed by atoms with Crippen LogP contribution in [0.5, 0.6) is 0 Å². The molecule has 1 aliphatic heterocycles. The van der Waals surface area contributed by atoms with Gasteiger partial charge < -0.3 is 15.2 Å². The van der Waals surface area contributed by atoms with Crippen molar-refractivity contribution < 1.29 is 0 Å². The van der Waals surface area contributed by atoms with Crippen LogP contribution in [0.25, 0.3) is 0 Å². The Hall–Kier alpha value is -1.65. The van der Waals surface area contributed by atoms with Crippen molar-refractivity contribution in [1.29, 1.82) is 0 Å². The van der Waals surface area contributed by atoms with E-state index in [4.69, 9.17) is 4.99 Å². The molecule has 2 aromatic rings. The SMILES string of the molecule is CCNC(=NCc1nccn1CC(C)C)NC1CCc2nc(C)nn2C1.I. The summed E-state index contributed by atoms with van der Waals surface area (Å²) in [6.45, 7) is 11.6. The van der Waals surface area contributed by atoms with Crippen molar-refractivity contribution in [3.63, 3.8) is 0 Å². The first kappa shape index (κ1) is 21.6. The zero-order valence-corrected chi connectivity index (χ0v) is 19.0. The van der Waals surface area contributed by atoms with E-state index in [-0.39, 0.29) is 24.0 Å². The molecule has 1 unspecified atom stereocenters. The molecule has 2 N–H and O–H groups in total. The molecule has 3 rings (SSSR count). The van der Waals surface area contributed by atoms with Crippen LogP contribution in [-0.4, -0.2) is 42.9 Å². The van der Waals surface area contributed by atoms with Crippen molar-refractivity contribution in [1.82, 2.24) is 34.9 Å². The van der Waals surface area contributed by atoms with Gasteiger partial charge in [-0.25, -0.2) is 19.6 Å². The van der Waals surface area contributed by atoms with Gasteiger partial charge >= 0.3 is 0 Å². The summed E-state index contributed by atoms with van der Waals surface area (Å²) in [5, 5.41) is 11.4. The summed E-state index contributed by atoms with van der Waals surface area (Å²) in [5.41, 5.74) is 0. The third-order valence-electron chi connectivity index (χ3n) is 4.39. The summed E-state index contributed by atoms with van der Waals surface area (Å²) in [5.74, 6) is 4.34. The van der Waals surface area contributed by atoms with E-state index in [1.54, 1.807) is 0 Å². The van der Waals surface area contributed by atoms with Crippen LogP contribution in [0, 0.1) is 12.8 Å². The van der Waals surface area contributed by atoms with Gasteiger partial charge in [-0.15, -0.1) is 24.0 Å². The Balaban J connectivity index is 0.00000261. The average molecular weight is 486 g/mol. The Morgan fingerprint density at radius 2 is 2.22 bits per heavy atom. The Morgan fingerprint density at radius 3 is 2.96 bits per heavy atom. The molecule has 0 aromatic carbocycles. The van der Waals surface area contributed by atoms with Crippen molar-refractivity contribution in [3.8, 4) is 0 Å². The zero-order chi connectivity index (χ0) is 18.5. The van der Waals surface area contributed by atoms with E-state index in [1.165, 1.54) is 0 Å². The molecule has 0 fully saturated rings. The van der Waals surface area contributed by atoms with Crippen molar-refractivity contribution >= 4 is 29.9 Å². The van der Waals surface area contributed by atoms with Gasteiger partial charge in [0.2, 0.25) is 0 Å². The number of nitrogens with one attached hydrogen (secondary N) is 2. The molecule has 0 amide bonds. The fraction of sp³-hybridized carbons (Fsp3) is 0.667. The lowest BCUT2D eigenvalue weighted by molar-refractivity contribution is 0.392. The molecule has 3 heterocycles. The van der Waals surface area contributed by atoms with Crippen LogP contribution in [-0.2, 0) is 26.1 Å². The van der Waals surface area contributed by atoms with Crippen molar-refractivity contribution in [3.05, 3.63) is 29.9 Å². The number of guanidine groups is 1. The third kappa shape index (κ3) is 5.91. The second kappa shape index (κ2) is 10.0. The molecule has 1 aliphatic rings. The fourth-order valence-corrected chi connectivity index (χ4v) is 3.27. The summed E-state index contributed by atoms with van der Waals surface area (Å²) >= 11 is 0. The molecule has 0 saturated heterocycles. The Labute approximate surface area is 178 Å². The quantitative estimate of drug-likeness (QED) is 0.371. The minimum Gasteiger partial charge on any atom is -0.357 e. The molecule has 0 bridgehead atoms. The Kier molecular flexibility index (Phi) is 8.06. The highest BCUT2D eigenvalue weighted by atomic mass is 127. The predicted molar refractivity (Wildman–Crippen MR) is 117 cm³/mol. The van der Waals surface area contributed by atoms with Crippen molar-refractivity contribution in [2.24, 2.45) is 10.9 Å². The second-order valence-corrected chi connectivity index (χ2v) is 7.22. The molecule has 9 heteroatoms. The zero-order valence-electron chi connectivity index (χ0n) is 16.6. The molecule has 2 aromatic heterocycles. The first-order valence-corrected chi connectivity index (χ1v) is 9.50. The number of nitrogens with zero attached hydrogens (tertiary/aromatic N) is 6. The highest BCUT2D eigenvalue weighted by Crippen LogP contribution is 2.13. The molecule has 150 valence electrons. The van der Waals surface area contributed by atoms with Crippen LogP contribution >= 0.6 is 24.0 Å². The van der Waals surface area contributed by atoms with E-state index in [9.17, 15) is 0 Å². The summed E-state index contributed by atoms with van der Waals surface area (Å²) in [4.78, 5) is 13.7. The van der Waals surface area contributed by atoms with Gasteiger partial charge in [-0.05, 0) is 26.2 Å². The fourth-order valence-electron chi connectivity index (χ4n) is 3.27. The summed E-state index contributed by atoms with van der Waals surface area (Å²) in [6.07, 6.45) is 5.85. The predicted octanol–water partition coefficient (Wildman–Crippen LogP) is 2.13. The van der Waals surface area contributed by atoms with Crippen LogP contribution in [0.1, 0.15) is 44.7 Å². The van der Waals surface area contributed by atoms with E-state index in [2.05, 4.69) is 51.0 Å². The summed E-state index contributed by atoms with van der Waals surface area (Å²) < 4.78 is 4.19. The van der Waals surface area contributed by atoms with Crippen LogP contribution in [0.4, 0.5) is 0 Å². The second-order valence-electron chi connectivity index (χ2n) is 7.22. The van der Waals surface area contributed by atoms with E-state index < -0.39 is 0 Å². The maximum atomic E-state index is 4.74. The maximum Gasteiger partial charge on any atom is 0.191 e. The highest BCUT2D eigenvalue weighted by molar-refractivity contribution is 14.0. The lowest BCUT2D eigenvalue weighted by Gasteiger charge is -2.25. The van der Waals surface area contributed by atoms with Crippen molar-refractivity contribution in [2.45, 2.75) is 66.2 Å². The number of halogens is 1. The normalized spacial score (nSPS) is 16.8. The molecule has 0 spiro atoms. The van der Waals surface area contributed by atoms with Crippen LogP contribution < -0.4 is 10.6 Å². The van der Waals surface area contributed by atoms with Gasteiger partial charge in [0.05, 0.1) is 6.54 Å². The Bertz CT molecular complexity index is 748. The molecular weight excluding hydrogens is 455 g/mol. The lowest BCUT2D eigenvalue weighted by Crippen LogP contribution is -2.47. The average Bonchev–Trinajstić information content (AvgIpc) is 3.17. The van der Waals surface area contributed by atoms with Crippen LogP contribution in [0.3, 0.4) is 0 Å². The van der Waals surface area contributed by atoms with Crippen molar-refractivity contribution in [2.75, 3.05) is 6.54 Å². The summed E-state index contributed by atoms with van der Waals surface area (Å²) in [7, 11) is 0. The number of hydrogen-bond acceptors (Lipinski definition) is 4. The molecule has 27 heavy (non-hydrogen) atoms. The minimum atomic E-state index is 0. The largest absolute Gasteiger partial charge is 0.357 e. The Morgan fingerprint density at radius 1 is 1.41 bits per heavy atom. The minimum absolute atomic E-state index is 0. The third-order valence-corrected chi connectivity index (χ3v) is 4.39. The molecule has 0 saturated carbocycles. The van der Waals surface area contributed by atoms with Crippen LogP contribution in [0.2, 0.25) is 0 Å². The van der Waals surface area contributed by atoms with Crippen LogP contribution in [0.15, 0.2) is 17.4 Å². The molecule has 8 nitrogen and oxygen atoms in total. The van der Waals surface area contributed by atoms with Gasteiger partial charge in [0, 0.05) is 37.9 Å². The molecule has 1 atom stereocenters. The molecule has 0 radical (unpaired) electrons. The maximum absolute atomic E-state index is 4.74.